The van der Waals surface area contributed by atoms with Crippen LogP contribution in [0.2, 0.25) is 0 Å². The number of nitrogens with one attached hydrogen (secondary N) is 1. The molecule has 2 aromatic rings. The summed E-state index contributed by atoms with van der Waals surface area (Å²) in [4.78, 5) is 16.1. The summed E-state index contributed by atoms with van der Waals surface area (Å²) >= 11 is 0. The highest BCUT2D eigenvalue weighted by molar-refractivity contribution is 5.79. The second-order valence-electron chi connectivity index (χ2n) is 4.81. The van der Waals surface area contributed by atoms with Gasteiger partial charge in [-0.15, -0.1) is 0 Å². The molecule has 0 radical (unpaired) electrons. The number of amides is 1. The average Bonchev–Trinajstić information content (AvgIpc) is 2.89. The Labute approximate surface area is 118 Å². The van der Waals surface area contributed by atoms with Crippen molar-refractivity contribution < 1.29 is 9.21 Å². The minimum absolute atomic E-state index is 0.114. The van der Waals surface area contributed by atoms with Crippen molar-refractivity contribution in [1.82, 2.24) is 10.3 Å². The molecule has 0 aliphatic carbocycles. The summed E-state index contributed by atoms with van der Waals surface area (Å²) in [5.74, 6) is 0.783. The zero-order chi connectivity index (χ0) is 14.5. The summed E-state index contributed by atoms with van der Waals surface area (Å²) in [6.07, 6.45) is 1.63. The zero-order valence-corrected chi connectivity index (χ0v) is 11.7. The first-order valence-corrected chi connectivity index (χ1v) is 6.57. The van der Waals surface area contributed by atoms with Gasteiger partial charge in [-0.2, -0.15) is 0 Å². The van der Waals surface area contributed by atoms with Gasteiger partial charge in [-0.1, -0.05) is 37.3 Å². The second-order valence-corrected chi connectivity index (χ2v) is 4.81. The smallest absolute Gasteiger partial charge is 0.225 e. The summed E-state index contributed by atoms with van der Waals surface area (Å²) in [5.41, 5.74) is 7.06. The summed E-state index contributed by atoms with van der Waals surface area (Å²) in [5, 5.41) is 2.79. The van der Waals surface area contributed by atoms with E-state index in [1.54, 1.807) is 6.20 Å². The van der Waals surface area contributed by atoms with Crippen LogP contribution in [-0.2, 0) is 11.3 Å². The highest BCUT2D eigenvalue weighted by atomic mass is 16.4. The van der Waals surface area contributed by atoms with E-state index < -0.39 is 0 Å². The number of benzene rings is 1. The Morgan fingerprint density at radius 1 is 1.40 bits per heavy atom. The summed E-state index contributed by atoms with van der Waals surface area (Å²) in [6, 6.07) is 9.26. The molecular formula is C15H19N3O2. The predicted octanol–water partition coefficient (Wildman–Crippen LogP) is 1.94. The largest absolute Gasteiger partial charge is 0.444 e. The van der Waals surface area contributed by atoms with E-state index in [9.17, 15) is 4.79 Å². The van der Waals surface area contributed by atoms with Crippen molar-refractivity contribution in [2.24, 2.45) is 11.7 Å². The van der Waals surface area contributed by atoms with Crippen molar-refractivity contribution in [3.63, 3.8) is 0 Å². The van der Waals surface area contributed by atoms with Crippen LogP contribution < -0.4 is 11.1 Å². The number of hydrogen-bond acceptors (Lipinski definition) is 4. The maximum atomic E-state index is 12.1. The molecule has 5 nitrogen and oxygen atoms in total. The standard InChI is InChI=1S/C15H19N3O2/c1-10-8-17-13(20-10)9-18-15(19)11(2)14(16)12-6-4-3-5-7-12/h3-8,11,14H,9,16H2,1-2H3,(H,18,19). The van der Waals surface area contributed by atoms with Crippen molar-refractivity contribution in [3.8, 4) is 0 Å². The molecule has 1 amide bonds. The number of rotatable bonds is 5. The van der Waals surface area contributed by atoms with Crippen LogP contribution >= 0.6 is 0 Å². The molecule has 1 aromatic carbocycles. The lowest BCUT2D eigenvalue weighted by Gasteiger charge is -2.19. The van der Waals surface area contributed by atoms with E-state index in [1.165, 1.54) is 0 Å². The van der Waals surface area contributed by atoms with Gasteiger partial charge in [0.25, 0.3) is 0 Å². The molecule has 0 aliphatic heterocycles. The fraction of sp³-hybridized carbons (Fsp3) is 0.333. The molecule has 5 heteroatoms. The van der Waals surface area contributed by atoms with Gasteiger partial charge in [0.1, 0.15) is 5.76 Å². The molecule has 3 N–H and O–H groups in total. The number of oxazole rings is 1. The second kappa shape index (κ2) is 6.34. The number of carbonyl (C=O) groups is 1. The van der Waals surface area contributed by atoms with Crippen LogP contribution in [0.1, 0.15) is 30.2 Å². The van der Waals surface area contributed by atoms with Gasteiger partial charge >= 0.3 is 0 Å². The average molecular weight is 273 g/mol. The lowest BCUT2D eigenvalue weighted by Crippen LogP contribution is -2.35. The van der Waals surface area contributed by atoms with E-state index in [1.807, 2.05) is 44.2 Å². The van der Waals surface area contributed by atoms with E-state index in [0.717, 1.165) is 11.3 Å². The van der Waals surface area contributed by atoms with Crippen molar-refractivity contribution in [3.05, 3.63) is 53.7 Å². The molecular weight excluding hydrogens is 254 g/mol. The van der Waals surface area contributed by atoms with Gasteiger partial charge in [-0.3, -0.25) is 4.79 Å². The first-order valence-electron chi connectivity index (χ1n) is 6.57. The predicted molar refractivity (Wildman–Crippen MR) is 75.6 cm³/mol. The maximum Gasteiger partial charge on any atom is 0.225 e. The minimum atomic E-state index is -0.331. The monoisotopic (exact) mass is 273 g/mol. The first-order chi connectivity index (χ1) is 9.58. The molecule has 0 bridgehead atoms. The molecule has 20 heavy (non-hydrogen) atoms. The summed E-state index contributed by atoms with van der Waals surface area (Å²) in [6.45, 7) is 3.90. The molecule has 1 aromatic heterocycles. The lowest BCUT2D eigenvalue weighted by atomic mass is 9.95. The van der Waals surface area contributed by atoms with Crippen molar-refractivity contribution in [1.29, 1.82) is 0 Å². The first kappa shape index (κ1) is 14.3. The van der Waals surface area contributed by atoms with Crippen LogP contribution in [0.3, 0.4) is 0 Å². The SMILES string of the molecule is Cc1cnc(CNC(=O)C(C)C(N)c2ccccc2)o1. The minimum Gasteiger partial charge on any atom is -0.444 e. The quantitative estimate of drug-likeness (QED) is 0.872. The normalized spacial score (nSPS) is 13.8. The molecule has 106 valence electrons. The number of carbonyl (C=O) groups excluding carboxylic acids is 1. The van der Waals surface area contributed by atoms with Gasteiger partial charge in [0, 0.05) is 6.04 Å². The number of aromatic nitrogens is 1. The Bertz CT molecular complexity index is 566. The van der Waals surface area contributed by atoms with Crippen molar-refractivity contribution in [2.45, 2.75) is 26.4 Å². The van der Waals surface area contributed by atoms with E-state index in [0.29, 0.717) is 5.89 Å². The van der Waals surface area contributed by atoms with Gasteiger partial charge in [0.2, 0.25) is 11.8 Å². The van der Waals surface area contributed by atoms with Gasteiger partial charge in [0.15, 0.2) is 0 Å². The van der Waals surface area contributed by atoms with Gasteiger partial charge in [-0.05, 0) is 12.5 Å². The third kappa shape index (κ3) is 3.45. The van der Waals surface area contributed by atoms with Crippen LogP contribution in [0.5, 0.6) is 0 Å². The Balaban J connectivity index is 1.91. The van der Waals surface area contributed by atoms with Crippen LogP contribution in [0.4, 0.5) is 0 Å². The lowest BCUT2D eigenvalue weighted by molar-refractivity contribution is -0.125. The number of aryl methyl sites for hydroxylation is 1. The van der Waals surface area contributed by atoms with Crippen LogP contribution in [-0.4, -0.2) is 10.9 Å². The molecule has 0 aliphatic rings. The van der Waals surface area contributed by atoms with E-state index in [-0.39, 0.29) is 24.4 Å². The summed E-state index contributed by atoms with van der Waals surface area (Å²) in [7, 11) is 0. The van der Waals surface area contributed by atoms with Crippen molar-refractivity contribution in [2.75, 3.05) is 0 Å². The van der Waals surface area contributed by atoms with Crippen LogP contribution in [0, 0.1) is 12.8 Å². The summed E-state index contributed by atoms with van der Waals surface area (Å²) < 4.78 is 5.30. The van der Waals surface area contributed by atoms with Crippen LogP contribution in [0.25, 0.3) is 0 Å². The fourth-order valence-electron chi connectivity index (χ4n) is 1.93. The highest BCUT2D eigenvalue weighted by Crippen LogP contribution is 2.19. The van der Waals surface area contributed by atoms with Gasteiger partial charge in [0.05, 0.1) is 18.7 Å². The Hall–Kier alpha value is -2.14. The van der Waals surface area contributed by atoms with Gasteiger partial charge < -0.3 is 15.5 Å². The molecule has 0 spiro atoms. The molecule has 2 rings (SSSR count). The van der Waals surface area contributed by atoms with Gasteiger partial charge in [-0.25, -0.2) is 4.98 Å². The fourth-order valence-corrected chi connectivity index (χ4v) is 1.93. The Morgan fingerprint density at radius 2 is 2.10 bits per heavy atom. The third-order valence-corrected chi connectivity index (χ3v) is 3.22. The molecule has 2 atom stereocenters. The highest BCUT2D eigenvalue weighted by Gasteiger charge is 2.22. The Kier molecular flexibility index (Phi) is 4.53. The zero-order valence-electron chi connectivity index (χ0n) is 11.7. The van der Waals surface area contributed by atoms with E-state index in [2.05, 4.69) is 10.3 Å². The molecule has 2 unspecified atom stereocenters. The number of nitrogens with zero attached hydrogens (tertiary/aromatic N) is 1. The molecule has 0 saturated carbocycles. The topological polar surface area (TPSA) is 81.2 Å². The molecule has 0 saturated heterocycles. The van der Waals surface area contributed by atoms with Crippen LogP contribution in [0.15, 0.2) is 40.9 Å². The molecule has 1 heterocycles. The van der Waals surface area contributed by atoms with E-state index >= 15 is 0 Å². The number of nitrogens with two attached hydrogens (primary N) is 1. The Morgan fingerprint density at radius 3 is 2.70 bits per heavy atom. The molecule has 0 fully saturated rings. The third-order valence-electron chi connectivity index (χ3n) is 3.22. The van der Waals surface area contributed by atoms with Crippen molar-refractivity contribution >= 4 is 5.91 Å². The number of hydrogen-bond donors (Lipinski definition) is 2. The maximum absolute atomic E-state index is 12.1. The van der Waals surface area contributed by atoms with E-state index in [4.69, 9.17) is 10.2 Å².